The molecule has 2 heterocycles. The highest BCUT2D eigenvalue weighted by molar-refractivity contribution is 5.85. The lowest BCUT2D eigenvalue weighted by molar-refractivity contribution is 0.416. The molecule has 0 bridgehead atoms. The molecule has 0 unspecified atom stereocenters. The van der Waals surface area contributed by atoms with Gasteiger partial charge in [0.15, 0.2) is 23.3 Å². The van der Waals surface area contributed by atoms with Gasteiger partial charge in [-0.25, -0.2) is 22.9 Å². The van der Waals surface area contributed by atoms with Gasteiger partial charge in [0.1, 0.15) is 0 Å². The summed E-state index contributed by atoms with van der Waals surface area (Å²) in [6.07, 6.45) is 2.84. The third kappa shape index (κ3) is 1.82. The second-order valence-electron chi connectivity index (χ2n) is 4.70. The highest BCUT2D eigenvalue weighted by atomic mass is 19.2. The summed E-state index contributed by atoms with van der Waals surface area (Å²) in [7, 11) is 0. The van der Waals surface area contributed by atoms with E-state index in [1.165, 1.54) is 6.20 Å². The van der Waals surface area contributed by atoms with Gasteiger partial charge in [-0.15, -0.1) is 0 Å². The third-order valence-corrected chi connectivity index (χ3v) is 3.64. The van der Waals surface area contributed by atoms with Crippen molar-refractivity contribution in [1.29, 1.82) is 0 Å². The van der Waals surface area contributed by atoms with Crippen LogP contribution in [0.15, 0.2) is 6.20 Å². The minimum absolute atomic E-state index is 0.00925. The number of fused-ring (bicyclic) bond motifs is 1. The van der Waals surface area contributed by atoms with Crippen LogP contribution in [-0.2, 0) is 0 Å². The van der Waals surface area contributed by atoms with E-state index < -0.39 is 23.3 Å². The van der Waals surface area contributed by atoms with Crippen molar-refractivity contribution in [3.63, 3.8) is 0 Å². The van der Waals surface area contributed by atoms with Gasteiger partial charge < -0.3 is 4.98 Å². The number of nitrogens with one attached hydrogen (secondary N) is 1. The first-order valence-electron chi connectivity index (χ1n) is 6.07. The molecule has 1 radical (unpaired) electrons. The second-order valence-corrected chi connectivity index (χ2v) is 4.70. The normalized spacial score (nSPS) is 17.3. The van der Waals surface area contributed by atoms with Crippen LogP contribution in [-0.4, -0.2) is 18.1 Å². The van der Waals surface area contributed by atoms with Gasteiger partial charge in [-0.05, 0) is 24.3 Å². The van der Waals surface area contributed by atoms with Gasteiger partial charge in [0.05, 0.1) is 5.52 Å². The monoisotopic (exact) mass is 271 g/mol. The summed E-state index contributed by atoms with van der Waals surface area (Å²) < 4.78 is 53.9. The summed E-state index contributed by atoms with van der Waals surface area (Å²) >= 11 is 0. The van der Waals surface area contributed by atoms with E-state index in [1.807, 2.05) is 0 Å². The molecule has 1 saturated heterocycles. The lowest BCUT2D eigenvalue weighted by Gasteiger charge is -2.21. The number of nitrogens with zero attached hydrogens (tertiary/aromatic N) is 1. The highest BCUT2D eigenvalue weighted by Gasteiger charge is 2.27. The zero-order valence-electron chi connectivity index (χ0n) is 9.94. The minimum Gasteiger partial charge on any atom is -0.358 e. The van der Waals surface area contributed by atoms with Gasteiger partial charge in [-0.3, -0.25) is 0 Å². The van der Waals surface area contributed by atoms with E-state index in [9.17, 15) is 17.6 Å². The molecule has 2 nitrogen and oxygen atoms in total. The van der Waals surface area contributed by atoms with Crippen LogP contribution in [0, 0.1) is 23.3 Å². The lowest BCUT2D eigenvalue weighted by atomic mass is 9.90. The number of hydrogen-bond acceptors (Lipinski definition) is 0. The first-order valence-corrected chi connectivity index (χ1v) is 6.07. The molecule has 1 aliphatic rings. The summed E-state index contributed by atoms with van der Waals surface area (Å²) in [4.78, 5) is 2.51. The Morgan fingerprint density at radius 3 is 2.26 bits per heavy atom. The Balaban J connectivity index is 2.22. The molecule has 1 aromatic heterocycles. The van der Waals surface area contributed by atoms with Crippen molar-refractivity contribution < 1.29 is 17.6 Å². The van der Waals surface area contributed by atoms with E-state index in [0.717, 1.165) is 0 Å². The molecular formula is C13H11F4N2. The zero-order chi connectivity index (χ0) is 13.6. The van der Waals surface area contributed by atoms with Crippen molar-refractivity contribution >= 4 is 10.9 Å². The molecule has 0 saturated carbocycles. The predicted octanol–water partition coefficient (Wildman–Crippen LogP) is 3.21. The first kappa shape index (κ1) is 12.5. The number of aromatic amines is 1. The first-order chi connectivity index (χ1) is 9.11. The third-order valence-electron chi connectivity index (χ3n) is 3.64. The SMILES string of the molecule is Fc1c(F)c(F)c2c(C3CC[N]CC3)c[nH]c2c1F. The summed E-state index contributed by atoms with van der Waals surface area (Å²) in [5.74, 6) is -6.25. The van der Waals surface area contributed by atoms with Gasteiger partial charge in [0.25, 0.3) is 0 Å². The molecule has 0 amide bonds. The molecular weight excluding hydrogens is 260 g/mol. The maximum atomic E-state index is 13.9. The quantitative estimate of drug-likeness (QED) is 0.469. The highest BCUT2D eigenvalue weighted by Crippen LogP contribution is 2.35. The molecule has 0 spiro atoms. The largest absolute Gasteiger partial charge is 0.358 e. The van der Waals surface area contributed by atoms with Crippen LogP contribution in [0.3, 0.4) is 0 Å². The molecule has 6 heteroatoms. The maximum absolute atomic E-state index is 13.9. The minimum atomic E-state index is -1.78. The molecule has 1 fully saturated rings. The Hall–Kier alpha value is -1.56. The van der Waals surface area contributed by atoms with E-state index >= 15 is 0 Å². The van der Waals surface area contributed by atoms with Crippen LogP contribution in [0.5, 0.6) is 0 Å². The van der Waals surface area contributed by atoms with Crippen LogP contribution in [0.25, 0.3) is 10.9 Å². The summed E-state index contributed by atoms with van der Waals surface area (Å²) in [5, 5.41) is 4.00. The molecule has 3 rings (SSSR count). The van der Waals surface area contributed by atoms with Gasteiger partial charge in [0, 0.05) is 24.7 Å². The number of rotatable bonds is 1. The van der Waals surface area contributed by atoms with E-state index in [-0.39, 0.29) is 16.8 Å². The predicted molar refractivity (Wildman–Crippen MR) is 62.0 cm³/mol. The molecule has 0 aliphatic carbocycles. The van der Waals surface area contributed by atoms with Gasteiger partial charge in [-0.1, -0.05) is 0 Å². The average Bonchev–Trinajstić information content (AvgIpc) is 2.88. The van der Waals surface area contributed by atoms with Crippen LogP contribution in [0.4, 0.5) is 17.6 Å². The van der Waals surface area contributed by atoms with Crippen LogP contribution >= 0.6 is 0 Å². The molecule has 2 aromatic rings. The molecule has 19 heavy (non-hydrogen) atoms. The number of H-pyrrole nitrogens is 1. The van der Waals surface area contributed by atoms with Crippen molar-refractivity contribution in [2.75, 3.05) is 13.1 Å². The van der Waals surface area contributed by atoms with E-state index in [4.69, 9.17) is 0 Å². The maximum Gasteiger partial charge on any atom is 0.199 e. The fourth-order valence-corrected chi connectivity index (χ4v) is 2.64. The van der Waals surface area contributed by atoms with Crippen molar-refractivity contribution in [2.24, 2.45) is 0 Å². The number of benzene rings is 1. The van der Waals surface area contributed by atoms with Crippen LogP contribution in [0.1, 0.15) is 24.3 Å². The van der Waals surface area contributed by atoms with Crippen molar-refractivity contribution in [3.05, 3.63) is 35.0 Å². The van der Waals surface area contributed by atoms with Crippen LogP contribution < -0.4 is 5.32 Å². The molecule has 1 N–H and O–H groups in total. The van der Waals surface area contributed by atoms with E-state index in [0.29, 0.717) is 31.5 Å². The number of aromatic nitrogens is 1. The topological polar surface area (TPSA) is 29.9 Å². The molecule has 101 valence electrons. The molecule has 1 aliphatic heterocycles. The Kier molecular flexibility index (Phi) is 2.97. The lowest BCUT2D eigenvalue weighted by Crippen LogP contribution is -2.21. The van der Waals surface area contributed by atoms with Gasteiger partial charge in [0.2, 0.25) is 0 Å². The van der Waals surface area contributed by atoms with Crippen molar-refractivity contribution in [3.8, 4) is 0 Å². The smallest absolute Gasteiger partial charge is 0.199 e. The van der Waals surface area contributed by atoms with E-state index in [2.05, 4.69) is 10.3 Å². The average molecular weight is 271 g/mol. The Morgan fingerprint density at radius 1 is 0.947 bits per heavy atom. The number of piperidine rings is 1. The van der Waals surface area contributed by atoms with Crippen molar-refractivity contribution in [2.45, 2.75) is 18.8 Å². The number of hydrogen-bond donors (Lipinski definition) is 1. The second kappa shape index (κ2) is 4.52. The Morgan fingerprint density at radius 2 is 1.58 bits per heavy atom. The number of halogens is 4. The Labute approximate surface area is 106 Å². The molecule has 1 aromatic carbocycles. The summed E-state index contributed by atoms with van der Waals surface area (Å²) in [5.41, 5.74) is 0.189. The molecule has 0 atom stereocenters. The van der Waals surface area contributed by atoms with Gasteiger partial charge in [-0.2, -0.15) is 0 Å². The standard InChI is InChI=1S/C13H11F4N2/c14-9-8-7(6-1-3-18-4-2-6)5-19-13(8)12(17)11(16)10(9)15/h5-6,19H,1-4H2. The van der Waals surface area contributed by atoms with Gasteiger partial charge >= 0.3 is 0 Å². The van der Waals surface area contributed by atoms with E-state index in [1.54, 1.807) is 0 Å². The summed E-state index contributed by atoms with van der Waals surface area (Å²) in [6, 6.07) is 0. The fourth-order valence-electron chi connectivity index (χ4n) is 2.64. The fraction of sp³-hybridized carbons (Fsp3) is 0.385. The van der Waals surface area contributed by atoms with Crippen molar-refractivity contribution in [1.82, 2.24) is 10.3 Å². The zero-order valence-corrected chi connectivity index (χ0v) is 9.94. The summed E-state index contributed by atoms with van der Waals surface area (Å²) in [6.45, 7) is 1.29. The Bertz CT molecular complexity index is 629. The van der Waals surface area contributed by atoms with Crippen LogP contribution in [0.2, 0.25) is 0 Å².